The van der Waals surface area contributed by atoms with E-state index < -0.39 is 0 Å². The van der Waals surface area contributed by atoms with Crippen molar-refractivity contribution < 1.29 is 0 Å². The molecule has 0 aromatic heterocycles. The van der Waals surface area contributed by atoms with Crippen molar-refractivity contribution in [3.63, 3.8) is 0 Å². The van der Waals surface area contributed by atoms with Gasteiger partial charge in [0.15, 0.2) is 0 Å². The first-order valence-electron chi connectivity index (χ1n) is 0. The highest BCUT2D eigenvalue weighted by Gasteiger charge is 0.0000483. The van der Waals surface area contributed by atoms with Gasteiger partial charge in [0.2, 0.25) is 0 Å². The summed E-state index contributed by atoms with van der Waals surface area (Å²) in [5.74, 6) is 0. The lowest BCUT2D eigenvalue weighted by atomic mass is 31.0. The fourth-order valence-corrected chi connectivity index (χ4v) is 0. The van der Waals surface area contributed by atoms with Gasteiger partial charge in [-0.15, -0.1) is 120 Å². The highest BCUT2D eigenvalue weighted by molar-refractivity contribution is 14.0. The smallest absolute Gasteiger partial charge is 0 e. The van der Waals surface area contributed by atoms with Crippen LogP contribution in [0, 0.1) is 0 Å². The second-order valence-electron chi connectivity index (χ2n) is 0. The second kappa shape index (κ2) is 35.6. The molecule has 0 N–H and O–H groups in total. The van der Waals surface area contributed by atoms with Gasteiger partial charge in [0.25, 0.3) is 0 Å². The largest absolute Gasteiger partial charge is 0.107 e. The summed E-state index contributed by atoms with van der Waals surface area (Å²) in [5.41, 5.74) is 0. The standard InChI is InChI=1S/5HI.P/h5*1H;. The molecule has 3 radical (unpaired) electrons. The van der Waals surface area contributed by atoms with E-state index in [4.69, 9.17) is 0 Å². The van der Waals surface area contributed by atoms with Crippen molar-refractivity contribution in [2.45, 2.75) is 0 Å². The Balaban J connectivity index is 0. The van der Waals surface area contributed by atoms with Crippen molar-refractivity contribution >= 4 is 130 Å². The van der Waals surface area contributed by atoms with Gasteiger partial charge in [-0.1, -0.05) is 0 Å². The molecule has 0 atom stereocenters. The monoisotopic (exact) mass is 671 g/mol. The molecule has 45 valence electrons. The molecule has 0 bridgehead atoms. The molecular formula is H5I5P. The minimum Gasteiger partial charge on any atom is -0.107 e. The SMILES string of the molecule is I.I.I.I.I.[P]. The Bertz CT molecular complexity index is 3.90. The van der Waals surface area contributed by atoms with Crippen molar-refractivity contribution in [2.24, 2.45) is 0 Å². The zero-order valence-corrected chi connectivity index (χ0v) is 15.0. The number of hydrogen-bond donors (Lipinski definition) is 0. The maximum absolute atomic E-state index is 0. The second-order valence-corrected chi connectivity index (χ2v) is 0. The predicted octanol–water partition coefficient (Wildman–Crippen LogP) is 3.95. The molecule has 0 aliphatic heterocycles. The highest BCUT2D eigenvalue weighted by Crippen LogP contribution is 0.890. The molecule has 0 nitrogen and oxygen atoms in total. The summed E-state index contributed by atoms with van der Waals surface area (Å²) in [6.45, 7) is 0. The Hall–Kier alpha value is 4.08. The van der Waals surface area contributed by atoms with E-state index in [-0.39, 0.29) is 130 Å². The molecule has 0 aliphatic carbocycles. The van der Waals surface area contributed by atoms with Crippen LogP contribution in [-0.2, 0) is 0 Å². The van der Waals surface area contributed by atoms with Crippen LogP contribution in [0.1, 0.15) is 0 Å². The Morgan fingerprint density at radius 3 is 0.333 bits per heavy atom. The van der Waals surface area contributed by atoms with Crippen LogP contribution in [0.2, 0.25) is 0 Å². The average molecular weight is 671 g/mol. The molecule has 0 heterocycles. The fraction of sp³-hybridized carbons (Fsp3) is 0. The van der Waals surface area contributed by atoms with E-state index in [9.17, 15) is 0 Å². The summed E-state index contributed by atoms with van der Waals surface area (Å²) < 4.78 is 0. The maximum atomic E-state index is 0. The lowest BCUT2D eigenvalue weighted by Crippen LogP contribution is 0.861. The first-order valence-corrected chi connectivity index (χ1v) is 0. The fourth-order valence-electron chi connectivity index (χ4n) is 0. The summed E-state index contributed by atoms with van der Waals surface area (Å²) in [7, 11) is 0. The minimum atomic E-state index is 0. The number of rotatable bonds is 0. The van der Waals surface area contributed by atoms with Gasteiger partial charge < -0.3 is 0 Å². The summed E-state index contributed by atoms with van der Waals surface area (Å²) in [6, 6.07) is 0. The Morgan fingerprint density at radius 1 is 0.333 bits per heavy atom. The van der Waals surface area contributed by atoms with E-state index >= 15 is 0 Å². The van der Waals surface area contributed by atoms with Crippen LogP contribution < -0.4 is 0 Å². The molecule has 0 amide bonds. The maximum Gasteiger partial charge on any atom is 0 e. The molecule has 0 aromatic rings. The molecule has 0 fully saturated rings. The Labute approximate surface area is 127 Å². The molecule has 6 heteroatoms. The third-order valence-electron chi connectivity index (χ3n) is 0. The molecule has 0 spiro atoms. The van der Waals surface area contributed by atoms with Gasteiger partial charge in [-0.05, 0) is 0 Å². The van der Waals surface area contributed by atoms with Crippen LogP contribution in [0.15, 0.2) is 0 Å². The van der Waals surface area contributed by atoms with Crippen LogP contribution in [0.25, 0.3) is 0 Å². The highest BCUT2D eigenvalue weighted by atomic mass is 127. The Kier molecular flexibility index (Phi) is 296. The predicted molar refractivity (Wildman–Crippen MR) is 84.0 cm³/mol. The molecular weight excluding hydrogens is 665 g/mol. The van der Waals surface area contributed by atoms with E-state index in [1.54, 1.807) is 0 Å². The van der Waals surface area contributed by atoms with E-state index in [0.717, 1.165) is 0 Å². The lowest BCUT2D eigenvalue weighted by molar-refractivity contribution is 6.92. The molecule has 0 aliphatic rings. The molecule has 0 saturated heterocycles. The zero-order chi connectivity index (χ0) is 0. The molecule has 0 saturated carbocycles. The van der Waals surface area contributed by atoms with Crippen LogP contribution in [0.5, 0.6) is 0 Å². The summed E-state index contributed by atoms with van der Waals surface area (Å²) in [4.78, 5) is 0. The normalized spacial score (nSPS) is 0. The van der Waals surface area contributed by atoms with Crippen molar-refractivity contribution in [1.82, 2.24) is 0 Å². The topological polar surface area (TPSA) is 0 Å². The average Bonchev–Trinajstić information content (AvgIpc) is 0. The van der Waals surface area contributed by atoms with Gasteiger partial charge in [0.05, 0.1) is 0 Å². The summed E-state index contributed by atoms with van der Waals surface area (Å²) in [5, 5.41) is 0. The van der Waals surface area contributed by atoms with Gasteiger partial charge in [0.1, 0.15) is 0 Å². The third kappa shape index (κ3) is 24.3. The van der Waals surface area contributed by atoms with Gasteiger partial charge in [-0.25, -0.2) is 0 Å². The number of hydrogen-bond acceptors (Lipinski definition) is 0. The van der Waals surface area contributed by atoms with Crippen LogP contribution in [0.3, 0.4) is 0 Å². The van der Waals surface area contributed by atoms with Crippen LogP contribution >= 0.6 is 130 Å². The van der Waals surface area contributed by atoms with Crippen LogP contribution in [-0.4, -0.2) is 0 Å². The first kappa shape index (κ1) is 49.9. The Morgan fingerprint density at radius 2 is 0.333 bits per heavy atom. The molecule has 0 aromatic carbocycles. The van der Waals surface area contributed by atoms with Crippen molar-refractivity contribution in [3.05, 3.63) is 0 Å². The third-order valence-corrected chi connectivity index (χ3v) is 0. The van der Waals surface area contributed by atoms with E-state index in [1.807, 2.05) is 0 Å². The number of halogens is 5. The zero-order valence-electron chi connectivity index (χ0n) is 2.49. The van der Waals surface area contributed by atoms with Crippen molar-refractivity contribution in [1.29, 1.82) is 0 Å². The van der Waals surface area contributed by atoms with Crippen molar-refractivity contribution in [3.8, 4) is 0 Å². The van der Waals surface area contributed by atoms with Crippen LogP contribution in [0.4, 0.5) is 0 Å². The van der Waals surface area contributed by atoms with Gasteiger partial charge in [-0.2, -0.15) is 0 Å². The molecule has 6 heavy (non-hydrogen) atoms. The van der Waals surface area contributed by atoms with Gasteiger partial charge >= 0.3 is 0 Å². The quantitative estimate of drug-likeness (QED) is 0.271. The summed E-state index contributed by atoms with van der Waals surface area (Å²) >= 11 is 0. The first-order chi connectivity index (χ1) is 0. The van der Waals surface area contributed by atoms with Gasteiger partial charge in [-0.3, -0.25) is 0 Å². The van der Waals surface area contributed by atoms with Crippen molar-refractivity contribution in [2.75, 3.05) is 0 Å². The summed E-state index contributed by atoms with van der Waals surface area (Å²) in [6.07, 6.45) is 0. The minimum absolute atomic E-state index is 0. The van der Waals surface area contributed by atoms with Gasteiger partial charge in [0, 0.05) is 9.90 Å². The van der Waals surface area contributed by atoms with E-state index in [1.165, 1.54) is 0 Å². The van der Waals surface area contributed by atoms with E-state index in [2.05, 4.69) is 0 Å². The van der Waals surface area contributed by atoms with E-state index in [0.29, 0.717) is 0 Å². The molecule has 0 rings (SSSR count). The lowest BCUT2D eigenvalue weighted by Gasteiger charge is -0.108. The molecule has 0 unspecified atom stereocenters.